The van der Waals surface area contributed by atoms with Gasteiger partial charge in [0.15, 0.2) is 5.16 Å². The van der Waals surface area contributed by atoms with E-state index in [1.807, 2.05) is 25.1 Å². The first kappa shape index (κ1) is 12.4. The first-order valence-electron chi connectivity index (χ1n) is 5.16. The van der Waals surface area contributed by atoms with Gasteiger partial charge in [-0.1, -0.05) is 17.7 Å². The van der Waals surface area contributed by atoms with E-state index in [2.05, 4.69) is 9.97 Å². The smallest absolute Gasteiger partial charge is 0.192 e. The van der Waals surface area contributed by atoms with Gasteiger partial charge in [-0.3, -0.25) is 0 Å². The molecule has 3 nitrogen and oxygen atoms in total. The van der Waals surface area contributed by atoms with E-state index in [-0.39, 0.29) is 6.04 Å². The van der Waals surface area contributed by atoms with Crippen molar-refractivity contribution in [2.24, 2.45) is 5.73 Å². The Balaban J connectivity index is 2.23. The molecule has 0 saturated heterocycles. The summed E-state index contributed by atoms with van der Waals surface area (Å²) < 4.78 is 0. The predicted octanol–water partition coefficient (Wildman–Crippen LogP) is 3.30. The molecule has 1 heterocycles. The fourth-order valence-corrected chi connectivity index (χ4v) is 2.34. The third-order valence-electron chi connectivity index (χ3n) is 2.23. The van der Waals surface area contributed by atoms with E-state index in [9.17, 15) is 0 Å². The molecule has 0 aliphatic heterocycles. The number of benzene rings is 1. The Kier molecular flexibility index (Phi) is 3.99. The second-order valence-corrected chi connectivity index (χ2v) is 5.03. The van der Waals surface area contributed by atoms with Crippen LogP contribution >= 0.6 is 23.4 Å². The zero-order chi connectivity index (χ0) is 12.3. The van der Waals surface area contributed by atoms with E-state index < -0.39 is 0 Å². The van der Waals surface area contributed by atoms with Crippen molar-refractivity contribution in [2.45, 2.75) is 23.0 Å². The Labute approximate surface area is 109 Å². The van der Waals surface area contributed by atoms with Crippen molar-refractivity contribution in [3.05, 3.63) is 47.2 Å². The highest BCUT2D eigenvalue weighted by atomic mass is 35.5. The highest BCUT2D eigenvalue weighted by Crippen LogP contribution is 2.32. The number of hydrogen-bond acceptors (Lipinski definition) is 4. The van der Waals surface area contributed by atoms with Crippen molar-refractivity contribution in [3.8, 4) is 0 Å². The van der Waals surface area contributed by atoms with Crippen LogP contribution in [0.2, 0.25) is 5.02 Å². The van der Waals surface area contributed by atoms with E-state index in [1.54, 1.807) is 18.5 Å². The van der Waals surface area contributed by atoms with Gasteiger partial charge in [0.05, 0.1) is 5.02 Å². The van der Waals surface area contributed by atoms with Crippen molar-refractivity contribution >= 4 is 23.4 Å². The van der Waals surface area contributed by atoms with Gasteiger partial charge in [-0.15, -0.1) is 0 Å². The van der Waals surface area contributed by atoms with E-state index in [1.165, 1.54) is 11.8 Å². The minimum atomic E-state index is -0.0143. The number of hydrogen-bond donors (Lipinski definition) is 1. The van der Waals surface area contributed by atoms with Crippen molar-refractivity contribution in [2.75, 3.05) is 0 Å². The molecule has 88 valence electrons. The van der Waals surface area contributed by atoms with E-state index in [4.69, 9.17) is 17.3 Å². The molecule has 0 unspecified atom stereocenters. The molecule has 0 spiro atoms. The van der Waals surface area contributed by atoms with Crippen LogP contribution in [0.3, 0.4) is 0 Å². The standard InChI is InChI=1S/C12H12ClN3S/c1-8(14)9-3-4-11(10(13)7-9)17-12-15-5-2-6-16-12/h2-8H,14H2,1H3/t8-/m0/s1. The van der Waals surface area contributed by atoms with E-state index >= 15 is 0 Å². The van der Waals surface area contributed by atoms with Crippen LogP contribution in [0, 0.1) is 0 Å². The molecule has 0 amide bonds. The molecule has 2 rings (SSSR count). The summed E-state index contributed by atoms with van der Waals surface area (Å²) in [5.41, 5.74) is 6.82. The van der Waals surface area contributed by atoms with Crippen LogP contribution in [0.1, 0.15) is 18.5 Å². The minimum Gasteiger partial charge on any atom is -0.324 e. The third-order valence-corrected chi connectivity index (χ3v) is 3.62. The monoisotopic (exact) mass is 265 g/mol. The average Bonchev–Trinajstić information content (AvgIpc) is 2.33. The van der Waals surface area contributed by atoms with Crippen LogP contribution in [0.5, 0.6) is 0 Å². The zero-order valence-corrected chi connectivity index (χ0v) is 10.9. The first-order valence-corrected chi connectivity index (χ1v) is 6.36. The second kappa shape index (κ2) is 5.49. The molecular weight excluding hydrogens is 254 g/mol. The summed E-state index contributed by atoms with van der Waals surface area (Å²) in [6.07, 6.45) is 3.42. The lowest BCUT2D eigenvalue weighted by molar-refractivity contribution is 0.817. The fourth-order valence-electron chi connectivity index (χ4n) is 1.32. The number of halogens is 1. The van der Waals surface area contributed by atoms with Gasteiger partial charge in [0.2, 0.25) is 0 Å². The molecule has 0 bridgehead atoms. The lowest BCUT2D eigenvalue weighted by Crippen LogP contribution is -2.04. The summed E-state index contributed by atoms with van der Waals surface area (Å²) in [7, 11) is 0. The molecule has 0 saturated carbocycles. The number of nitrogens with two attached hydrogens (primary N) is 1. The summed E-state index contributed by atoms with van der Waals surface area (Å²) in [4.78, 5) is 9.22. The maximum Gasteiger partial charge on any atom is 0.192 e. The quantitative estimate of drug-likeness (QED) is 0.865. The SMILES string of the molecule is C[C@H](N)c1ccc(Sc2ncccn2)c(Cl)c1. The van der Waals surface area contributed by atoms with Crippen LogP contribution in [-0.2, 0) is 0 Å². The summed E-state index contributed by atoms with van der Waals surface area (Å²) in [5.74, 6) is 0. The molecule has 0 radical (unpaired) electrons. The normalized spacial score (nSPS) is 12.4. The van der Waals surface area contributed by atoms with Gasteiger partial charge in [-0.25, -0.2) is 9.97 Å². The predicted molar refractivity (Wildman–Crippen MR) is 70.2 cm³/mol. The van der Waals surface area contributed by atoms with Crippen molar-refractivity contribution in [1.82, 2.24) is 9.97 Å². The Morgan fingerprint density at radius 1 is 1.29 bits per heavy atom. The van der Waals surface area contributed by atoms with Gasteiger partial charge in [-0.2, -0.15) is 0 Å². The molecular formula is C12H12ClN3S. The minimum absolute atomic E-state index is 0.0143. The topological polar surface area (TPSA) is 51.8 Å². The van der Waals surface area contributed by atoms with Crippen molar-refractivity contribution in [1.29, 1.82) is 0 Å². The van der Waals surface area contributed by atoms with Crippen LogP contribution in [0.25, 0.3) is 0 Å². The zero-order valence-electron chi connectivity index (χ0n) is 9.30. The van der Waals surface area contributed by atoms with E-state index in [0.717, 1.165) is 10.5 Å². The largest absolute Gasteiger partial charge is 0.324 e. The Hall–Kier alpha value is -1.10. The second-order valence-electron chi connectivity index (χ2n) is 3.61. The number of rotatable bonds is 3. The van der Waals surface area contributed by atoms with Crippen LogP contribution in [0.15, 0.2) is 46.7 Å². The molecule has 0 fully saturated rings. The highest BCUT2D eigenvalue weighted by Gasteiger charge is 2.07. The molecule has 1 aromatic heterocycles. The maximum absolute atomic E-state index is 6.19. The molecule has 2 N–H and O–H groups in total. The molecule has 1 aromatic carbocycles. The van der Waals surface area contributed by atoms with E-state index in [0.29, 0.717) is 10.2 Å². The molecule has 5 heteroatoms. The summed E-state index contributed by atoms with van der Waals surface area (Å²) in [6, 6.07) is 7.58. The molecule has 2 aromatic rings. The van der Waals surface area contributed by atoms with Gasteiger partial charge in [0, 0.05) is 23.3 Å². The van der Waals surface area contributed by atoms with Crippen LogP contribution < -0.4 is 5.73 Å². The summed E-state index contributed by atoms with van der Waals surface area (Å²) >= 11 is 7.63. The lowest BCUT2D eigenvalue weighted by Gasteiger charge is -2.08. The van der Waals surface area contributed by atoms with Gasteiger partial charge in [-0.05, 0) is 42.4 Å². The summed E-state index contributed by atoms with van der Waals surface area (Å²) in [5, 5.41) is 1.36. The average molecular weight is 266 g/mol. The van der Waals surface area contributed by atoms with Crippen LogP contribution in [0.4, 0.5) is 0 Å². The molecule has 0 aliphatic carbocycles. The number of nitrogens with zero attached hydrogens (tertiary/aromatic N) is 2. The van der Waals surface area contributed by atoms with Crippen molar-refractivity contribution < 1.29 is 0 Å². The van der Waals surface area contributed by atoms with Gasteiger partial charge >= 0.3 is 0 Å². The van der Waals surface area contributed by atoms with Gasteiger partial charge < -0.3 is 5.73 Å². The van der Waals surface area contributed by atoms with Crippen molar-refractivity contribution in [3.63, 3.8) is 0 Å². The third kappa shape index (κ3) is 3.19. The molecule has 17 heavy (non-hydrogen) atoms. The molecule has 1 atom stereocenters. The highest BCUT2D eigenvalue weighted by molar-refractivity contribution is 7.99. The fraction of sp³-hybridized carbons (Fsp3) is 0.167. The molecule has 0 aliphatic rings. The number of aromatic nitrogens is 2. The Bertz CT molecular complexity index is 502. The Morgan fingerprint density at radius 2 is 2.00 bits per heavy atom. The maximum atomic E-state index is 6.19. The van der Waals surface area contributed by atoms with Gasteiger partial charge in [0.1, 0.15) is 0 Å². The summed E-state index contributed by atoms with van der Waals surface area (Å²) in [6.45, 7) is 1.93. The van der Waals surface area contributed by atoms with Gasteiger partial charge in [0.25, 0.3) is 0 Å². The van der Waals surface area contributed by atoms with Crippen LogP contribution in [-0.4, -0.2) is 9.97 Å². The lowest BCUT2D eigenvalue weighted by atomic mass is 10.1. The first-order chi connectivity index (χ1) is 8.16. The Morgan fingerprint density at radius 3 is 2.59 bits per heavy atom.